The van der Waals surface area contributed by atoms with Crippen molar-refractivity contribution in [2.45, 2.75) is 38.5 Å². The molecule has 4 heteroatoms. The first-order chi connectivity index (χ1) is 8.16. The number of unbranched alkanes of at least 4 members (excludes halogenated alkanes) is 2. The molecule has 1 amide bonds. The third-order valence-electron chi connectivity index (χ3n) is 3.22. The van der Waals surface area contributed by atoms with E-state index >= 15 is 0 Å². The Morgan fingerprint density at radius 3 is 2.65 bits per heavy atom. The molecule has 17 heavy (non-hydrogen) atoms. The molecule has 0 spiro atoms. The van der Waals surface area contributed by atoms with E-state index in [0.29, 0.717) is 19.4 Å². The summed E-state index contributed by atoms with van der Waals surface area (Å²) in [5.74, 6) is 0.729. The summed E-state index contributed by atoms with van der Waals surface area (Å²) >= 11 is 0. The Labute approximate surface area is 102 Å². The topological polar surface area (TPSA) is 66.4 Å². The van der Waals surface area contributed by atoms with E-state index in [4.69, 9.17) is 11.5 Å². The number of carbonyl (C=O) groups excluding carboxylic acids is 1. The van der Waals surface area contributed by atoms with Gasteiger partial charge >= 0.3 is 5.97 Å². The van der Waals surface area contributed by atoms with Crippen LogP contribution in [0.25, 0.3) is 0 Å². The van der Waals surface area contributed by atoms with Gasteiger partial charge in [-0.3, -0.25) is 9.59 Å². The van der Waals surface area contributed by atoms with Crippen molar-refractivity contribution >= 4 is 11.9 Å². The summed E-state index contributed by atoms with van der Waals surface area (Å²) in [7, 11) is 0. The molecule has 0 unspecified atom stereocenters. The zero-order valence-electron chi connectivity index (χ0n) is 9.95. The van der Waals surface area contributed by atoms with E-state index in [-0.39, 0.29) is 11.8 Å². The van der Waals surface area contributed by atoms with Crippen LogP contribution in [0.2, 0.25) is 0 Å². The highest BCUT2D eigenvalue weighted by Gasteiger charge is 2.37. The van der Waals surface area contributed by atoms with E-state index in [0.717, 1.165) is 25.7 Å². The second kappa shape index (κ2) is 6.95. The van der Waals surface area contributed by atoms with Gasteiger partial charge in [-0.05, 0) is 25.7 Å². The minimum absolute atomic E-state index is 0.115. The van der Waals surface area contributed by atoms with Gasteiger partial charge in [0.25, 0.3) is 0 Å². The summed E-state index contributed by atoms with van der Waals surface area (Å²) in [6.07, 6.45) is 9.71. The smallest absolute Gasteiger partial charge is 0.307 e. The minimum Gasteiger partial charge on any atom is -0.481 e. The van der Waals surface area contributed by atoms with E-state index in [1.54, 1.807) is 0 Å². The first kappa shape index (κ1) is 13.6. The van der Waals surface area contributed by atoms with Crippen molar-refractivity contribution in [2.24, 2.45) is 11.8 Å². The second-order valence-corrected chi connectivity index (χ2v) is 4.43. The quantitative estimate of drug-likeness (QED) is 0.542. The molecule has 0 aliphatic heterocycles. The van der Waals surface area contributed by atoms with Crippen molar-refractivity contribution in [1.82, 2.24) is 5.32 Å². The van der Waals surface area contributed by atoms with E-state index in [1.807, 2.05) is 0 Å². The summed E-state index contributed by atoms with van der Waals surface area (Å²) in [5, 5.41) is 11.8. The van der Waals surface area contributed by atoms with Gasteiger partial charge in [-0.15, -0.1) is 12.3 Å². The summed E-state index contributed by atoms with van der Waals surface area (Å²) in [4.78, 5) is 22.7. The van der Waals surface area contributed by atoms with Crippen molar-refractivity contribution < 1.29 is 14.7 Å². The highest BCUT2D eigenvalue weighted by atomic mass is 16.4. The monoisotopic (exact) mass is 237 g/mol. The zero-order valence-corrected chi connectivity index (χ0v) is 9.95. The number of rotatable bonds is 6. The number of amides is 1. The van der Waals surface area contributed by atoms with Crippen LogP contribution in [0.15, 0.2) is 0 Å². The van der Waals surface area contributed by atoms with E-state index in [2.05, 4.69) is 11.2 Å². The van der Waals surface area contributed by atoms with Crippen LogP contribution in [-0.4, -0.2) is 23.5 Å². The van der Waals surface area contributed by atoms with Gasteiger partial charge in [-0.1, -0.05) is 6.42 Å². The van der Waals surface area contributed by atoms with Crippen LogP contribution < -0.4 is 5.32 Å². The number of hydrogen-bond acceptors (Lipinski definition) is 2. The molecule has 0 heterocycles. The molecular weight excluding hydrogens is 218 g/mol. The van der Waals surface area contributed by atoms with Crippen molar-refractivity contribution in [3.8, 4) is 12.3 Å². The van der Waals surface area contributed by atoms with Crippen LogP contribution in [0, 0.1) is 24.2 Å². The summed E-state index contributed by atoms with van der Waals surface area (Å²) in [6.45, 7) is 0.587. The predicted molar refractivity (Wildman–Crippen MR) is 64.2 cm³/mol. The Morgan fingerprint density at radius 2 is 2.00 bits per heavy atom. The average Bonchev–Trinajstić information content (AvgIpc) is 2.77. The van der Waals surface area contributed by atoms with Gasteiger partial charge in [-0.2, -0.15) is 0 Å². The number of aliphatic carboxylic acids is 1. The molecular formula is C13H19NO3. The van der Waals surface area contributed by atoms with Gasteiger partial charge in [-0.25, -0.2) is 0 Å². The Morgan fingerprint density at radius 1 is 1.29 bits per heavy atom. The fourth-order valence-electron chi connectivity index (χ4n) is 2.26. The molecule has 2 atom stereocenters. The maximum absolute atomic E-state index is 11.8. The highest BCUT2D eigenvalue weighted by molar-refractivity contribution is 5.85. The molecule has 0 aromatic carbocycles. The molecule has 1 fully saturated rings. The van der Waals surface area contributed by atoms with Gasteiger partial charge in [0.15, 0.2) is 0 Å². The van der Waals surface area contributed by atoms with Crippen LogP contribution in [0.1, 0.15) is 38.5 Å². The lowest BCUT2D eigenvalue weighted by atomic mass is 9.95. The standard InChI is InChI=1S/C13H19NO3/c1-2-3-4-5-9-14-12(15)10-7-6-8-11(10)13(16)17/h1,10-11H,3-9H2,(H,14,15)(H,16,17)/t10-,11+/m1/s1. The van der Waals surface area contributed by atoms with Crippen LogP contribution in [-0.2, 0) is 9.59 Å². The Hall–Kier alpha value is -1.50. The number of terminal acetylenes is 1. The molecule has 0 aromatic heterocycles. The lowest BCUT2D eigenvalue weighted by Gasteiger charge is -2.15. The summed E-state index contributed by atoms with van der Waals surface area (Å²) < 4.78 is 0. The predicted octanol–water partition coefficient (Wildman–Crippen LogP) is 1.41. The van der Waals surface area contributed by atoms with Crippen LogP contribution in [0.3, 0.4) is 0 Å². The number of carboxylic acid groups (broad SMARTS) is 1. The summed E-state index contributed by atoms with van der Waals surface area (Å²) in [5.41, 5.74) is 0. The number of carboxylic acids is 1. The van der Waals surface area contributed by atoms with Crippen molar-refractivity contribution in [1.29, 1.82) is 0 Å². The molecule has 1 rings (SSSR count). The third-order valence-corrected chi connectivity index (χ3v) is 3.22. The van der Waals surface area contributed by atoms with E-state index < -0.39 is 11.9 Å². The zero-order chi connectivity index (χ0) is 12.7. The van der Waals surface area contributed by atoms with E-state index in [1.165, 1.54) is 0 Å². The maximum atomic E-state index is 11.8. The van der Waals surface area contributed by atoms with Crippen LogP contribution in [0.5, 0.6) is 0 Å². The van der Waals surface area contributed by atoms with Gasteiger partial charge in [0.05, 0.1) is 11.8 Å². The lowest BCUT2D eigenvalue weighted by Crippen LogP contribution is -2.35. The molecule has 0 bridgehead atoms. The highest BCUT2D eigenvalue weighted by Crippen LogP contribution is 2.31. The molecule has 2 N–H and O–H groups in total. The third kappa shape index (κ3) is 4.10. The van der Waals surface area contributed by atoms with Gasteiger partial charge < -0.3 is 10.4 Å². The lowest BCUT2D eigenvalue weighted by molar-refractivity contribution is -0.146. The molecule has 0 aromatic rings. The molecule has 0 saturated heterocycles. The van der Waals surface area contributed by atoms with Crippen molar-refractivity contribution in [3.05, 3.63) is 0 Å². The largest absolute Gasteiger partial charge is 0.481 e. The number of hydrogen-bond donors (Lipinski definition) is 2. The van der Waals surface area contributed by atoms with Crippen LogP contribution >= 0.6 is 0 Å². The fourth-order valence-corrected chi connectivity index (χ4v) is 2.26. The van der Waals surface area contributed by atoms with Gasteiger partial charge in [0, 0.05) is 13.0 Å². The molecule has 1 aliphatic carbocycles. The molecule has 94 valence electrons. The first-order valence-electron chi connectivity index (χ1n) is 6.10. The average molecular weight is 237 g/mol. The maximum Gasteiger partial charge on any atom is 0.307 e. The minimum atomic E-state index is -0.852. The number of nitrogens with one attached hydrogen (secondary N) is 1. The Bertz CT molecular complexity index is 319. The molecule has 4 nitrogen and oxygen atoms in total. The first-order valence-corrected chi connectivity index (χ1v) is 6.10. The molecule has 1 saturated carbocycles. The molecule has 1 aliphatic rings. The van der Waals surface area contributed by atoms with Crippen molar-refractivity contribution in [2.75, 3.05) is 6.54 Å². The van der Waals surface area contributed by atoms with Gasteiger partial charge in [0.1, 0.15) is 0 Å². The summed E-state index contributed by atoms with van der Waals surface area (Å²) in [6, 6.07) is 0. The molecule has 0 radical (unpaired) electrons. The Kier molecular flexibility index (Phi) is 5.55. The van der Waals surface area contributed by atoms with Crippen molar-refractivity contribution in [3.63, 3.8) is 0 Å². The van der Waals surface area contributed by atoms with Gasteiger partial charge in [0.2, 0.25) is 5.91 Å². The second-order valence-electron chi connectivity index (χ2n) is 4.43. The SMILES string of the molecule is C#CCCCCNC(=O)[C@@H]1CCC[C@@H]1C(=O)O. The fraction of sp³-hybridized carbons (Fsp3) is 0.692. The number of carbonyl (C=O) groups is 2. The van der Waals surface area contributed by atoms with E-state index in [9.17, 15) is 9.59 Å². The normalized spacial score (nSPS) is 23.0. The Balaban J connectivity index is 2.27. The van der Waals surface area contributed by atoms with Crippen LogP contribution in [0.4, 0.5) is 0 Å².